The van der Waals surface area contributed by atoms with Gasteiger partial charge in [-0.1, -0.05) is 48.1 Å². The molecule has 0 fully saturated rings. The molecule has 2 N–H and O–H groups in total. The molecule has 0 saturated carbocycles. The molecule has 0 heterocycles. The van der Waals surface area contributed by atoms with Crippen molar-refractivity contribution in [1.29, 1.82) is 0 Å². The molecule has 0 spiro atoms. The Labute approximate surface area is 85.6 Å². The van der Waals surface area contributed by atoms with Gasteiger partial charge in [0.15, 0.2) is 0 Å². The summed E-state index contributed by atoms with van der Waals surface area (Å²) in [5, 5.41) is 0. The maximum absolute atomic E-state index is 5.11. The molecule has 2 heteroatoms. The van der Waals surface area contributed by atoms with Gasteiger partial charge in [0, 0.05) is 1.43 Å². The molecule has 0 amide bonds. The monoisotopic (exact) mass is 191 g/mol. The van der Waals surface area contributed by atoms with Crippen LogP contribution in [0.25, 0.3) is 0 Å². The molecule has 13 heavy (non-hydrogen) atoms. The average molecular weight is 191 g/mol. The number of nitrogens with two attached hydrogens (primary N) is 1. The predicted octanol–water partition coefficient (Wildman–Crippen LogP) is 3.43. The Kier molecular flexibility index (Phi) is 25.1. The summed E-state index contributed by atoms with van der Waals surface area (Å²) in [6.45, 7) is 16.9. The first kappa shape index (κ1) is 18.4. The topological polar surface area (TPSA) is 35.2 Å². The average Bonchev–Trinajstić information content (AvgIpc) is 2.20. The lowest BCUT2D eigenvalue weighted by Crippen LogP contribution is -2.09. The summed E-state index contributed by atoms with van der Waals surface area (Å²) in [5.41, 5.74) is 6.21. The van der Waals surface area contributed by atoms with Crippen molar-refractivity contribution < 1.29 is 6.16 Å². The highest BCUT2D eigenvalue weighted by molar-refractivity contribution is 4.97. The molecule has 0 aromatic carbocycles. The number of rotatable bonds is 4. The summed E-state index contributed by atoms with van der Waals surface area (Å²) >= 11 is 0. The zero-order valence-electron chi connectivity index (χ0n) is 10.2. The first-order valence-electron chi connectivity index (χ1n) is 5.14. The highest BCUT2D eigenvalue weighted by Crippen LogP contribution is 2.05. The van der Waals surface area contributed by atoms with Crippen LogP contribution in [0.2, 0.25) is 0 Å². The van der Waals surface area contributed by atoms with Crippen LogP contribution in [0.5, 0.6) is 0 Å². The molecule has 0 atom stereocenters. The van der Waals surface area contributed by atoms with Crippen molar-refractivity contribution in [3.05, 3.63) is 12.2 Å². The maximum atomic E-state index is 5.11. The van der Waals surface area contributed by atoms with E-state index in [0.717, 1.165) is 5.57 Å². The first-order valence-corrected chi connectivity index (χ1v) is 5.14. The van der Waals surface area contributed by atoms with Crippen molar-refractivity contribution >= 4 is 0 Å². The van der Waals surface area contributed by atoms with Gasteiger partial charge in [0.1, 0.15) is 0 Å². The second kappa shape index (κ2) is 17.7. The normalized spacial score (nSPS) is 8.00. The summed E-state index contributed by atoms with van der Waals surface area (Å²) in [7, 11) is 0. The smallest absolute Gasteiger partial charge is 0.0944 e. The molecule has 0 aliphatic carbocycles. The Morgan fingerprint density at radius 2 is 1.69 bits per heavy atom. The van der Waals surface area contributed by atoms with Crippen LogP contribution in [0, 0.1) is 5.92 Å². The van der Waals surface area contributed by atoms with Gasteiger partial charge in [-0.25, -0.2) is 0 Å². The maximum Gasteiger partial charge on any atom is 0.0944 e. The van der Waals surface area contributed by atoms with Gasteiger partial charge in [0.25, 0.3) is 0 Å². The standard InChI is InChI=1S/C7H15NO.2C2H6.H2/c1-6(2)7(3)4-9-5-8;2*1-2;/h6H,3-5,8H2,1-2H3;2*1-2H3;1H. The molecular weight excluding hydrogens is 162 g/mol. The Morgan fingerprint density at radius 3 is 1.92 bits per heavy atom. The quantitative estimate of drug-likeness (QED) is 0.546. The molecular formula is C11H29NO. The van der Waals surface area contributed by atoms with Gasteiger partial charge in [-0.2, -0.15) is 0 Å². The van der Waals surface area contributed by atoms with Crippen LogP contribution in [0.1, 0.15) is 43.0 Å². The van der Waals surface area contributed by atoms with Crippen LogP contribution in [0.4, 0.5) is 0 Å². The molecule has 0 bridgehead atoms. The molecule has 0 rings (SSSR count). The number of hydrogen-bond donors (Lipinski definition) is 1. The molecule has 0 radical (unpaired) electrons. The molecule has 0 aromatic heterocycles. The number of hydrogen-bond acceptors (Lipinski definition) is 2. The van der Waals surface area contributed by atoms with E-state index in [1.807, 2.05) is 27.7 Å². The van der Waals surface area contributed by atoms with Gasteiger partial charge in [-0.3, -0.25) is 0 Å². The lowest BCUT2D eigenvalue weighted by molar-refractivity contribution is 0.158. The van der Waals surface area contributed by atoms with Crippen molar-refractivity contribution in [2.24, 2.45) is 11.7 Å². The van der Waals surface area contributed by atoms with E-state index < -0.39 is 0 Å². The van der Waals surface area contributed by atoms with Crippen molar-refractivity contribution in [1.82, 2.24) is 0 Å². The Morgan fingerprint density at radius 1 is 1.31 bits per heavy atom. The zero-order chi connectivity index (χ0) is 11.3. The molecule has 84 valence electrons. The lowest BCUT2D eigenvalue weighted by Gasteiger charge is -2.07. The van der Waals surface area contributed by atoms with E-state index in [1.165, 1.54) is 0 Å². The third-order valence-corrected chi connectivity index (χ3v) is 1.22. The SMILES string of the molecule is C=C(COCN)C(C)C.CC.CC.[HH]. The van der Waals surface area contributed by atoms with Crippen LogP contribution < -0.4 is 5.73 Å². The summed E-state index contributed by atoms with van der Waals surface area (Å²) in [6, 6.07) is 0. The summed E-state index contributed by atoms with van der Waals surface area (Å²) in [6.07, 6.45) is 0. The predicted molar refractivity (Wildman–Crippen MR) is 63.8 cm³/mol. The number of ether oxygens (including phenoxy) is 1. The van der Waals surface area contributed by atoms with Gasteiger partial charge >= 0.3 is 0 Å². The van der Waals surface area contributed by atoms with Crippen LogP contribution in [-0.2, 0) is 4.74 Å². The van der Waals surface area contributed by atoms with Gasteiger partial charge in [0.2, 0.25) is 0 Å². The highest BCUT2D eigenvalue weighted by Gasteiger charge is 1.97. The Hall–Kier alpha value is -0.340. The van der Waals surface area contributed by atoms with Crippen LogP contribution in [0.15, 0.2) is 12.2 Å². The van der Waals surface area contributed by atoms with E-state index in [-0.39, 0.29) is 8.16 Å². The fourth-order valence-corrected chi connectivity index (χ4v) is 0.357. The minimum Gasteiger partial charge on any atom is -0.362 e. The van der Waals surface area contributed by atoms with Crippen LogP contribution in [0.3, 0.4) is 0 Å². The zero-order valence-corrected chi connectivity index (χ0v) is 10.2. The van der Waals surface area contributed by atoms with E-state index in [9.17, 15) is 0 Å². The van der Waals surface area contributed by atoms with Gasteiger partial charge in [0.05, 0.1) is 13.3 Å². The van der Waals surface area contributed by atoms with Gasteiger partial charge < -0.3 is 10.5 Å². The third-order valence-electron chi connectivity index (χ3n) is 1.22. The highest BCUT2D eigenvalue weighted by atomic mass is 16.5. The van der Waals surface area contributed by atoms with Gasteiger partial charge in [-0.05, 0) is 11.5 Å². The summed E-state index contributed by atoms with van der Waals surface area (Å²) < 4.78 is 4.93. The molecule has 0 aliphatic heterocycles. The molecule has 2 nitrogen and oxygen atoms in total. The van der Waals surface area contributed by atoms with E-state index >= 15 is 0 Å². The minimum absolute atomic E-state index is 0. The third kappa shape index (κ3) is 18.5. The summed E-state index contributed by atoms with van der Waals surface area (Å²) in [5.74, 6) is 0.497. The second-order valence-corrected chi connectivity index (χ2v) is 2.33. The first-order chi connectivity index (χ1) is 6.18. The fourth-order valence-electron chi connectivity index (χ4n) is 0.357. The molecule has 0 unspecified atom stereocenters. The minimum atomic E-state index is 0. The largest absolute Gasteiger partial charge is 0.362 e. The van der Waals surface area contributed by atoms with Crippen molar-refractivity contribution in [3.63, 3.8) is 0 Å². The second-order valence-electron chi connectivity index (χ2n) is 2.33. The molecule has 0 saturated heterocycles. The van der Waals surface area contributed by atoms with E-state index in [2.05, 4.69) is 20.4 Å². The van der Waals surface area contributed by atoms with Crippen LogP contribution in [-0.4, -0.2) is 13.3 Å². The van der Waals surface area contributed by atoms with Crippen molar-refractivity contribution in [2.75, 3.05) is 13.3 Å². The fraction of sp³-hybridized carbons (Fsp3) is 0.818. The van der Waals surface area contributed by atoms with E-state index in [0.29, 0.717) is 12.5 Å². The molecule has 0 aliphatic rings. The Bertz CT molecular complexity index is 95.3. The Balaban J connectivity index is -0.0000000883. The van der Waals surface area contributed by atoms with E-state index in [1.54, 1.807) is 0 Å². The van der Waals surface area contributed by atoms with Crippen LogP contribution >= 0.6 is 0 Å². The van der Waals surface area contributed by atoms with Crippen molar-refractivity contribution in [2.45, 2.75) is 41.5 Å². The van der Waals surface area contributed by atoms with Gasteiger partial charge in [-0.15, -0.1) is 0 Å². The summed E-state index contributed by atoms with van der Waals surface area (Å²) in [4.78, 5) is 0. The van der Waals surface area contributed by atoms with E-state index in [4.69, 9.17) is 10.5 Å². The lowest BCUT2D eigenvalue weighted by atomic mass is 10.1. The van der Waals surface area contributed by atoms with Crippen molar-refractivity contribution in [3.8, 4) is 0 Å². The molecule has 0 aromatic rings.